The Morgan fingerprint density at radius 1 is 0.903 bits per heavy atom. The molecule has 1 atom stereocenters. The number of anilines is 1. The first kappa shape index (κ1) is 26.7. The van der Waals surface area contributed by atoms with E-state index < -0.39 is 12.1 Å². The number of carboxylic acid groups (broad SMARTS) is 1. The molecule has 0 aliphatic carbocycles. The number of aliphatic hydroxyl groups excluding tert-OH is 1. The average molecular weight is 428 g/mol. The number of para-hydroxylation sites is 1. The molecule has 2 rings (SSSR count). The van der Waals surface area contributed by atoms with E-state index in [1.54, 1.807) is 0 Å². The molecule has 4 nitrogen and oxygen atoms in total. The van der Waals surface area contributed by atoms with Gasteiger partial charge in [-0.25, -0.2) is 0 Å². The fourth-order valence-corrected chi connectivity index (χ4v) is 3.30. The van der Waals surface area contributed by atoms with E-state index in [-0.39, 0.29) is 6.42 Å². The number of carbonyl (C=O) groups is 1. The van der Waals surface area contributed by atoms with Gasteiger partial charge < -0.3 is 15.5 Å². The van der Waals surface area contributed by atoms with Crippen molar-refractivity contribution in [1.29, 1.82) is 0 Å². The second-order valence-corrected chi connectivity index (χ2v) is 8.19. The molecule has 0 aromatic heterocycles. The Hall–Kier alpha value is -2.33. The molecule has 0 saturated carbocycles. The smallest absolute Gasteiger partial charge is 0.305 e. The number of hydrogen-bond donors (Lipinski definition) is 3. The number of carboxylic acids is 1. The Labute approximate surface area is 188 Å². The van der Waals surface area contributed by atoms with Crippen LogP contribution in [0.1, 0.15) is 75.8 Å². The zero-order chi connectivity index (χ0) is 22.7. The summed E-state index contributed by atoms with van der Waals surface area (Å²) in [5.74, 6) is -0.912. The minimum absolute atomic E-state index is 0.115. The Balaban J connectivity index is 0.000000311. The number of rotatable bonds is 14. The molecule has 31 heavy (non-hydrogen) atoms. The predicted octanol–water partition coefficient (Wildman–Crippen LogP) is 6.61. The van der Waals surface area contributed by atoms with Crippen molar-refractivity contribution in [3.05, 3.63) is 65.7 Å². The van der Waals surface area contributed by atoms with Crippen molar-refractivity contribution < 1.29 is 15.0 Å². The molecule has 172 valence electrons. The first-order valence-electron chi connectivity index (χ1n) is 11.8. The average Bonchev–Trinajstić information content (AvgIpc) is 2.75. The second kappa shape index (κ2) is 17.4. The first-order valence-corrected chi connectivity index (χ1v) is 11.8. The topological polar surface area (TPSA) is 69.6 Å². The Kier molecular flexibility index (Phi) is 15.0. The Morgan fingerprint density at radius 3 is 2.13 bits per heavy atom. The van der Waals surface area contributed by atoms with Gasteiger partial charge in [0, 0.05) is 12.2 Å². The molecule has 2 aromatic rings. The third kappa shape index (κ3) is 15.2. The summed E-state index contributed by atoms with van der Waals surface area (Å²) >= 11 is 0. The van der Waals surface area contributed by atoms with Gasteiger partial charge in [-0.05, 0) is 37.5 Å². The number of nitrogens with one attached hydrogen (secondary N) is 1. The quantitative estimate of drug-likeness (QED) is 0.297. The SMILES string of the molecule is CCCCCCCCCC(O)CC(=O)O.Cc1ccc(CCNc2ccccc2)cc1. The molecule has 0 amide bonds. The van der Waals surface area contributed by atoms with E-state index in [1.165, 1.54) is 48.9 Å². The van der Waals surface area contributed by atoms with E-state index in [1.807, 2.05) is 18.2 Å². The third-order valence-electron chi connectivity index (χ3n) is 5.19. The molecule has 0 radical (unpaired) electrons. The number of aliphatic hydroxyl groups is 1. The van der Waals surface area contributed by atoms with Crippen LogP contribution in [0.4, 0.5) is 5.69 Å². The van der Waals surface area contributed by atoms with E-state index in [0.29, 0.717) is 6.42 Å². The van der Waals surface area contributed by atoms with Crippen LogP contribution in [0, 0.1) is 6.92 Å². The van der Waals surface area contributed by atoms with Gasteiger partial charge in [0.1, 0.15) is 0 Å². The standard InChI is InChI=1S/C15H17N.C12H24O3/c1-13-7-9-14(10-8-13)11-12-16-15-5-3-2-4-6-15;1-2-3-4-5-6-7-8-9-11(13)10-12(14)15/h2-10,16H,11-12H2,1H3;11,13H,2-10H2,1H3,(H,14,15). The van der Waals surface area contributed by atoms with Gasteiger partial charge >= 0.3 is 5.97 Å². The fraction of sp³-hybridized carbons (Fsp3) is 0.519. The Morgan fingerprint density at radius 2 is 1.52 bits per heavy atom. The number of aliphatic carboxylic acids is 1. The molecule has 0 aliphatic rings. The van der Waals surface area contributed by atoms with Crippen LogP contribution < -0.4 is 5.32 Å². The summed E-state index contributed by atoms with van der Waals surface area (Å²) in [4.78, 5) is 10.3. The van der Waals surface area contributed by atoms with Crippen LogP contribution in [-0.4, -0.2) is 28.8 Å². The zero-order valence-electron chi connectivity index (χ0n) is 19.4. The lowest BCUT2D eigenvalue weighted by Gasteiger charge is -2.06. The molecule has 4 heteroatoms. The minimum atomic E-state index is -0.912. The summed E-state index contributed by atoms with van der Waals surface area (Å²) in [5.41, 5.74) is 3.89. The van der Waals surface area contributed by atoms with Crippen LogP contribution in [0.3, 0.4) is 0 Å². The van der Waals surface area contributed by atoms with Crippen LogP contribution in [-0.2, 0) is 11.2 Å². The number of aryl methyl sites for hydroxylation is 1. The van der Waals surface area contributed by atoms with Crippen LogP contribution in [0.15, 0.2) is 54.6 Å². The number of hydrogen-bond acceptors (Lipinski definition) is 3. The maximum atomic E-state index is 10.3. The summed E-state index contributed by atoms with van der Waals surface area (Å²) in [6.45, 7) is 5.29. The van der Waals surface area contributed by atoms with E-state index in [4.69, 9.17) is 5.11 Å². The molecular formula is C27H41NO3. The summed E-state index contributed by atoms with van der Waals surface area (Å²) in [6.07, 6.45) is 9.32. The summed E-state index contributed by atoms with van der Waals surface area (Å²) < 4.78 is 0. The second-order valence-electron chi connectivity index (χ2n) is 8.19. The van der Waals surface area contributed by atoms with Crippen molar-refractivity contribution in [2.75, 3.05) is 11.9 Å². The number of benzene rings is 2. The zero-order valence-corrected chi connectivity index (χ0v) is 19.4. The molecule has 0 saturated heterocycles. The van der Waals surface area contributed by atoms with E-state index >= 15 is 0 Å². The van der Waals surface area contributed by atoms with E-state index in [2.05, 4.69) is 55.6 Å². The van der Waals surface area contributed by atoms with Crippen molar-refractivity contribution in [1.82, 2.24) is 0 Å². The molecule has 1 unspecified atom stereocenters. The van der Waals surface area contributed by atoms with Crippen molar-refractivity contribution in [3.63, 3.8) is 0 Å². The van der Waals surface area contributed by atoms with Gasteiger partial charge in [-0.15, -0.1) is 0 Å². The van der Waals surface area contributed by atoms with Gasteiger partial charge in [-0.1, -0.05) is 99.9 Å². The molecule has 3 N–H and O–H groups in total. The summed E-state index contributed by atoms with van der Waals surface area (Å²) in [6, 6.07) is 19.0. The molecule has 0 bridgehead atoms. The van der Waals surface area contributed by atoms with Crippen molar-refractivity contribution in [2.24, 2.45) is 0 Å². The largest absolute Gasteiger partial charge is 0.481 e. The van der Waals surface area contributed by atoms with E-state index in [9.17, 15) is 9.90 Å². The van der Waals surface area contributed by atoms with E-state index in [0.717, 1.165) is 25.8 Å². The van der Waals surface area contributed by atoms with Crippen LogP contribution in [0.25, 0.3) is 0 Å². The number of unbranched alkanes of at least 4 members (excludes halogenated alkanes) is 6. The highest BCUT2D eigenvalue weighted by Gasteiger charge is 2.08. The van der Waals surface area contributed by atoms with Gasteiger partial charge in [-0.2, -0.15) is 0 Å². The lowest BCUT2D eigenvalue weighted by molar-refractivity contribution is -0.139. The molecule has 2 aromatic carbocycles. The molecule has 0 aliphatic heterocycles. The van der Waals surface area contributed by atoms with Crippen molar-refractivity contribution >= 4 is 11.7 Å². The van der Waals surface area contributed by atoms with Gasteiger partial charge in [-0.3, -0.25) is 4.79 Å². The molecule has 0 heterocycles. The van der Waals surface area contributed by atoms with Crippen LogP contribution >= 0.6 is 0 Å². The fourth-order valence-electron chi connectivity index (χ4n) is 3.30. The van der Waals surface area contributed by atoms with Crippen molar-refractivity contribution in [2.45, 2.75) is 84.2 Å². The van der Waals surface area contributed by atoms with Gasteiger partial charge in [0.25, 0.3) is 0 Å². The van der Waals surface area contributed by atoms with Gasteiger partial charge in [0.05, 0.1) is 12.5 Å². The first-order chi connectivity index (χ1) is 15.0. The highest BCUT2D eigenvalue weighted by Crippen LogP contribution is 2.11. The Bertz CT molecular complexity index is 685. The monoisotopic (exact) mass is 427 g/mol. The third-order valence-corrected chi connectivity index (χ3v) is 5.19. The maximum Gasteiger partial charge on any atom is 0.305 e. The predicted molar refractivity (Wildman–Crippen MR) is 131 cm³/mol. The maximum absolute atomic E-state index is 10.3. The minimum Gasteiger partial charge on any atom is -0.481 e. The highest BCUT2D eigenvalue weighted by atomic mass is 16.4. The van der Waals surface area contributed by atoms with Gasteiger partial charge in [0.2, 0.25) is 0 Å². The molecule has 0 spiro atoms. The lowest BCUT2D eigenvalue weighted by Crippen LogP contribution is -2.12. The highest BCUT2D eigenvalue weighted by molar-refractivity contribution is 5.67. The lowest BCUT2D eigenvalue weighted by atomic mass is 10.1. The van der Waals surface area contributed by atoms with Crippen LogP contribution in [0.5, 0.6) is 0 Å². The molecule has 0 fully saturated rings. The van der Waals surface area contributed by atoms with Gasteiger partial charge in [0.15, 0.2) is 0 Å². The summed E-state index contributed by atoms with van der Waals surface area (Å²) in [7, 11) is 0. The normalized spacial score (nSPS) is 11.3. The summed E-state index contributed by atoms with van der Waals surface area (Å²) in [5, 5.41) is 21.1. The molecular weight excluding hydrogens is 386 g/mol. The van der Waals surface area contributed by atoms with Crippen LogP contribution in [0.2, 0.25) is 0 Å². The van der Waals surface area contributed by atoms with Crippen molar-refractivity contribution in [3.8, 4) is 0 Å².